The van der Waals surface area contributed by atoms with E-state index in [1.807, 2.05) is 26.0 Å². The Kier molecular flexibility index (Phi) is 6.94. The SMILES string of the molecule is Cc1cccc(S(=O)(=O)NCCCCNS(=O)(=O)c2cccc(C)c2)c1. The van der Waals surface area contributed by atoms with Crippen LogP contribution >= 0.6 is 0 Å². The molecule has 0 unspecified atom stereocenters. The Bertz CT molecular complexity index is 875. The summed E-state index contributed by atoms with van der Waals surface area (Å²) in [6, 6.07) is 13.4. The van der Waals surface area contributed by atoms with Gasteiger partial charge >= 0.3 is 0 Å². The summed E-state index contributed by atoms with van der Waals surface area (Å²) in [5.74, 6) is 0. The lowest BCUT2D eigenvalue weighted by Gasteiger charge is -2.09. The molecule has 0 aliphatic heterocycles. The first-order chi connectivity index (χ1) is 12.2. The maximum Gasteiger partial charge on any atom is 0.240 e. The van der Waals surface area contributed by atoms with Gasteiger partial charge in [-0.05, 0) is 62.1 Å². The van der Waals surface area contributed by atoms with E-state index in [4.69, 9.17) is 0 Å². The Morgan fingerprint density at radius 1 is 0.692 bits per heavy atom. The number of unbranched alkanes of at least 4 members (excludes halogenated alkanes) is 1. The van der Waals surface area contributed by atoms with Gasteiger partial charge in [0.15, 0.2) is 0 Å². The van der Waals surface area contributed by atoms with Crippen molar-refractivity contribution in [3.8, 4) is 0 Å². The summed E-state index contributed by atoms with van der Waals surface area (Å²) in [5.41, 5.74) is 1.75. The van der Waals surface area contributed by atoms with Crippen LogP contribution in [-0.2, 0) is 20.0 Å². The van der Waals surface area contributed by atoms with Crippen LogP contribution in [0.3, 0.4) is 0 Å². The third-order valence-corrected chi connectivity index (χ3v) is 6.70. The molecule has 0 aliphatic carbocycles. The Morgan fingerprint density at radius 2 is 1.08 bits per heavy atom. The fraction of sp³-hybridized carbons (Fsp3) is 0.333. The molecule has 0 heterocycles. The summed E-state index contributed by atoms with van der Waals surface area (Å²) in [5, 5.41) is 0. The van der Waals surface area contributed by atoms with E-state index in [-0.39, 0.29) is 22.9 Å². The molecule has 0 radical (unpaired) electrons. The Morgan fingerprint density at radius 3 is 1.42 bits per heavy atom. The van der Waals surface area contributed by atoms with Crippen molar-refractivity contribution in [2.24, 2.45) is 0 Å². The summed E-state index contributed by atoms with van der Waals surface area (Å²) in [4.78, 5) is 0.468. The molecule has 6 nitrogen and oxygen atoms in total. The van der Waals surface area contributed by atoms with Crippen LogP contribution in [0.1, 0.15) is 24.0 Å². The molecule has 2 rings (SSSR count). The number of sulfonamides is 2. The highest BCUT2D eigenvalue weighted by atomic mass is 32.2. The maximum absolute atomic E-state index is 12.2. The van der Waals surface area contributed by atoms with Crippen LogP contribution in [0.2, 0.25) is 0 Å². The van der Waals surface area contributed by atoms with Crippen LogP contribution < -0.4 is 9.44 Å². The van der Waals surface area contributed by atoms with Crippen molar-refractivity contribution < 1.29 is 16.8 Å². The van der Waals surface area contributed by atoms with E-state index in [2.05, 4.69) is 9.44 Å². The fourth-order valence-electron chi connectivity index (χ4n) is 2.39. The van der Waals surface area contributed by atoms with Gasteiger partial charge in [-0.3, -0.25) is 0 Å². The zero-order valence-corrected chi connectivity index (χ0v) is 16.5. The number of aryl methyl sites for hydroxylation is 2. The second-order valence-electron chi connectivity index (χ2n) is 6.14. The molecule has 2 aromatic carbocycles. The lowest BCUT2D eigenvalue weighted by atomic mass is 10.2. The first-order valence-electron chi connectivity index (χ1n) is 8.33. The van der Waals surface area contributed by atoms with Crippen molar-refractivity contribution >= 4 is 20.0 Å². The standard InChI is InChI=1S/C18H24N2O4S2/c1-15-7-5-9-17(13-15)25(21,22)19-11-3-4-12-20-26(23,24)18-10-6-8-16(2)14-18/h5-10,13-14,19-20H,3-4,11-12H2,1-2H3. The first-order valence-corrected chi connectivity index (χ1v) is 11.3. The zero-order chi connectivity index (χ0) is 19.2. The van der Waals surface area contributed by atoms with Gasteiger partial charge in [-0.25, -0.2) is 26.3 Å². The maximum atomic E-state index is 12.2. The van der Waals surface area contributed by atoms with Gasteiger partial charge < -0.3 is 0 Å². The monoisotopic (exact) mass is 396 g/mol. The Hall–Kier alpha value is -1.74. The zero-order valence-electron chi connectivity index (χ0n) is 14.9. The van der Waals surface area contributed by atoms with Crippen LogP contribution in [0.4, 0.5) is 0 Å². The van der Waals surface area contributed by atoms with Gasteiger partial charge in [-0.2, -0.15) is 0 Å². The lowest BCUT2D eigenvalue weighted by molar-refractivity contribution is 0.567. The van der Waals surface area contributed by atoms with Gasteiger partial charge in [0.1, 0.15) is 0 Å². The number of nitrogens with one attached hydrogen (secondary N) is 2. The van der Waals surface area contributed by atoms with E-state index in [9.17, 15) is 16.8 Å². The van der Waals surface area contributed by atoms with Crippen molar-refractivity contribution in [1.82, 2.24) is 9.44 Å². The highest BCUT2D eigenvalue weighted by molar-refractivity contribution is 7.89. The smallest absolute Gasteiger partial charge is 0.211 e. The number of benzene rings is 2. The van der Waals surface area contributed by atoms with E-state index in [0.717, 1.165) is 11.1 Å². The average molecular weight is 397 g/mol. The van der Waals surface area contributed by atoms with Gasteiger partial charge in [0.05, 0.1) is 9.79 Å². The molecular formula is C18H24N2O4S2. The number of hydrogen-bond acceptors (Lipinski definition) is 4. The third kappa shape index (κ3) is 5.91. The molecule has 2 aromatic rings. The molecule has 2 N–H and O–H groups in total. The molecule has 0 aliphatic rings. The van der Waals surface area contributed by atoms with Crippen LogP contribution in [-0.4, -0.2) is 29.9 Å². The predicted molar refractivity (Wildman–Crippen MR) is 102 cm³/mol. The van der Waals surface area contributed by atoms with Crippen LogP contribution in [0.5, 0.6) is 0 Å². The minimum atomic E-state index is -3.53. The van der Waals surface area contributed by atoms with Crippen molar-refractivity contribution in [3.63, 3.8) is 0 Å². The minimum Gasteiger partial charge on any atom is -0.211 e. The highest BCUT2D eigenvalue weighted by Crippen LogP contribution is 2.11. The van der Waals surface area contributed by atoms with Gasteiger partial charge in [0.2, 0.25) is 20.0 Å². The lowest BCUT2D eigenvalue weighted by Crippen LogP contribution is -2.27. The molecule has 0 fully saturated rings. The van der Waals surface area contributed by atoms with Crippen molar-refractivity contribution in [2.45, 2.75) is 36.5 Å². The van der Waals surface area contributed by atoms with Gasteiger partial charge in [-0.1, -0.05) is 24.3 Å². The highest BCUT2D eigenvalue weighted by Gasteiger charge is 2.14. The molecule has 0 saturated heterocycles. The van der Waals surface area contributed by atoms with E-state index in [1.54, 1.807) is 36.4 Å². The molecule has 142 valence electrons. The van der Waals surface area contributed by atoms with Crippen molar-refractivity contribution in [3.05, 3.63) is 59.7 Å². The largest absolute Gasteiger partial charge is 0.240 e. The first kappa shape index (κ1) is 20.6. The van der Waals surface area contributed by atoms with Crippen LogP contribution in [0.15, 0.2) is 58.3 Å². The van der Waals surface area contributed by atoms with E-state index < -0.39 is 20.0 Å². The molecule has 0 saturated carbocycles. The second-order valence-corrected chi connectivity index (χ2v) is 9.67. The molecule has 26 heavy (non-hydrogen) atoms. The second kappa shape index (κ2) is 8.77. The summed E-state index contributed by atoms with van der Waals surface area (Å²) < 4.78 is 53.8. The fourth-order valence-corrected chi connectivity index (χ4v) is 4.75. The van der Waals surface area contributed by atoms with Crippen LogP contribution in [0, 0.1) is 13.8 Å². The van der Waals surface area contributed by atoms with Gasteiger partial charge in [0.25, 0.3) is 0 Å². The van der Waals surface area contributed by atoms with Crippen molar-refractivity contribution in [1.29, 1.82) is 0 Å². The minimum absolute atomic E-state index is 0.234. The normalized spacial score (nSPS) is 12.2. The van der Waals surface area contributed by atoms with E-state index in [0.29, 0.717) is 12.8 Å². The van der Waals surface area contributed by atoms with Crippen LogP contribution in [0.25, 0.3) is 0 Å². The number of rotatable bonds is 9. The van der Waals surface area contributed by atoms with E-state index in [1.165, 1.54) is 0 Å². The molecular weight excluding hydrogens is 372 g/mol. The summed E-state index contributed by atoms with van der Waals surface area (Å²) in [7, 11) is -7.07. The van der Waals surface area contributed by atoms with Gasteiger partial charge in [0, 0.05) is 13.1 Å². The molecule has 0 atom stereocenters. The summed E-state index contributed by atoms with van der Waals surface area (Å²) in [6.07, 6.45) is 1.06. The summed E-state index contributed by atoms with van der Waals surface area (Å²) >= 11 is 0. The quantitative estimate of drug-likeness (QED) is 0.637. The molecule has 0 bridgehead atoms. The van der Waals surface area contributed by atoms with E-state index >= 15 is 0 Å². The predicted octanol–water partition coefficient (Wildman–Crippen LogP) is 2.34. The average Bonchev–Trinajstić information content (AvgIpc) is 2.58. The Balaban J connectivity index is 1.77. The molecule has 0 aromatic heterocycles. The third-order valence-electron chi connectivity index (χ3n) is 3.79. The molecule has 0 spiro atoms. The topological polar surface area (TPSA) is 92.3 Å². The van der Waals surface area contributed by atoms with Gasteiger partial charge in [-0.15, -0.1) is 0 Å². The Labute approximate surface area is 155 Å². The number of hydrogen-bond donors (Lipinski definition) is 2. The van der Waals surface area contributed by atoms with Crippen molar-refractivity contribution in [2.75, 3.05) is 13.1 Å². The molecule has 0 amide bonds. The summed E-state index contributed by atoms with van der Waals surface area (Å²) in [6.45, 7) is 4.17. The molecule has 8 heteroatoms.